The predicted octanol–water partition coefficient (Wildman–Crippen LogP) is 4.15. The van der Waals surface area contributed by atoms with E-state index in [1.807, 2.05) is 13.0 Å². The molecule has 34 heavy (non-hydrogen) atoms. The Bertz CT molecular complexity index is 1520. The molecule has 0 aliphatic rings. The second-order valence-electron chi connectivity index (χ2n) is 7.73. The van der Waals surface area contributed by atoms with Crippen LogP contribution in [-0.2, 0) is 9.71 Å². The number of nitrogen functional groups attached to an aromatic ring is 1. The van der Waals surface area contributed by atoms with E-state index in [-0.39, 0.29) is 16.7 Å². The van der Waals surface area contributed by atoms with E-state index in [4.69, 9.17) is 15.2 Å². The number of nitrogens with one attached hydrogen (secondary N) is 1. The number of aryl methyl sites for hydroxylation is 2. The molecule has 2 aromatic carbocycles. The molecule has 0 bridgehead atoms. The van der Waals surface area contributed by atoms with Crippen LogP contribution in [0.4, 0.5) is 16.0 Å². The summed E-state index contributed by atoms with van der Waals surface area (Å²) in [7, 11) is -0.275. The van der Waals surface area contributed by atoms with E-state index in [1.165, 1.54) is 19.2 Å². The first-order chi connectivity index (χ1) is 16.1. The van der Waals surface area contributed by atoms with Gasteiger partial charge in [0.1, 0.15) is 22.8 Å². The highest BCUT2D eigenvalue weighted by molar-refractivity contribution is 8.01. The quantitative estimate of drug-likeness (QED) is 0.398. The molecule has 2 aromatic heterocycles. The maximum atomic E-state index is 14.5. The third-order valence-corrected chi connectivity index (χ3v) is 6.88. The van der Waals surface area contributed by atoms with Gasteiger partial charge in [-0.25, -0.2) is 23.6 Å². The van der Waals surface area contributed by atoms with Crippen molar-refractivity contribution in [3.63, 3.8) is 0 Å². The minimum atomic E-state index is -3.25. The number of hydrogen-bond acceptors (Lipinski definition) is 7. The SMILES string of the molecule is C=S(=O)(Nc1cc(-c2cc(OC)c3nc(N)nc(C)c3c2)cnc1OC)c1ccc(C)cc1F. The zero-order valence-corrected chi connectivity index (χ0v) is 20.0. The molecule has 0 fully saturated rings. The lowest BCUT2D eigenvalue weighted by molar-refractivity contribution is 0.400. The number of ether oxygens (including phenoxy) is 2. The Kier molecular flexibility index (Phi) is 6.01. The summed E-state index contributed by atoms with van der Waals surface area (Å²) in [6.07, 6.45) is 1.61. The van der Waals surface area contributed by atoms with Gasteiger partial charge in [-0.3, -0.25) is 0 Å². The molecule has 0 radical (unpaired) electrons. The van der Waals surface area contributed by atoms with Gasteiger partial charge in [0.2, 0.25) is 11.8 Å². The van der Waals surface area contributed by atoms with E-state index < -0.39 is 15.5 Å². The molecule has 8 nitrogen and oxygen atoms in total. The van der Waals surface area contributed by atoms with Crippen LogP contribution in [0.15, 0.2) is 47.5 Å². The average Bonchev–Trinajstić information content (AvgIpc) is 2.78. The molecule has 0 aliphatic carbocycles. The lowest BCUT2D eigenvalue weighted by Gasteiger charge is -2.17. The molecular formula is C24H24FN5O3S. The first kappa shape index (κ1) is 23.2. The van der Waals surface area contributed by atoms with Gasteiger partial charge in [-0.05, 0) is 61.2 Å². The fourth-order valence-corrected chi connectivity index (χ4v) is 4.92. The van der Waals surface area contributed by atoms with Crippen LogP contribution in [0.25, 0.3) is 22.0 Å². The van der Waals surface area contributed by atoms with Crippen molar-refractivity contribution in [3.8, 4) is 22.8 Å². The molecule has 0 spiro atoms. The highest BCUT2D eigenvalue weighted by Gasteiger charge is 2.18. The van der Waals surface area contributed by atoms with Crippen molar-refractivity contribution in [2.24, 2.45) is 0 Å². The van der Waals surface area contributed by atoms with E-state index in [0.717, 1.165) is 10.9 Å². The van der Waals surface area contributed by atoms with E-state index in [2.05, 4.69) is 25.5 Å². The van der Waals surface area contributed by atoms with Crippen LogP contribution in [0.1, 0.15) is 11.3 Å². The van der Waals surface area contributed by atoms with Crippen LogP contribution in [0.3, 0.4) is 0 Å². The average molecular weight is 482 g/mol. The number of pyridine rings is 1. The molecule has 0 aliphatic heterocycles. The van der Waals surface area contributed by atoms with Crippen molar-refractivity contribution in [2.75, 3.05) is 24.7 Å². The summed E-state index contributed by atoms with van der Waals surface area (Å²) in [5.74, 6) is 3.98. The van der Waals surface area contributed by atoms with Gasteiger partial charge in [0.25, 0.3) is 0 Å². The fraction of sp³-hybridized carbons (Fsp3) is 0.167. The van der Waals surface area contributed by atoms with E-state index >= 15 is 0 Å². The van der Waals surface area contributed by atoms with Crippen LogP contribution in [-0.4, -0.2) is 39.3 Å². The van der Waals surface area contributed by atoms with Crippen molar-refractivity contribution >= 4 is 38.1 Å². The molecule has 1 unspecified atom stereocenters. The zero-order valence-electron chi connectivity index (χ0n) is 19.2. The summed E-state index contributed by atoms with van der Waals surface area (Å²) < 4.78 is 41.6. The molecule has 4 rings (SSSR count). The van der Waals surface area contributed by atoms with Crippen LogP contribution in [0.2, 0.25) is 0 Å². The van der Waals surface area contributed by atoms with Crippen molar-refractivity contribution in [1.29, 1.82) is 0 Å². The van der Waals surface area contributed by atoms with Crippen LogP contribution < -0.4 is 19.9 Å². The molecule has 10 heteroatoms. The smallest absolute Gasteiger partial charge is 0.238 e. The molecule has 0 saturated carbocycles. The Hall–Kier alpha value is -3.92. The van der Waals surface area contributed by atoms with Crippen molar-refractivity contribution in [3.05, 3.63) is 59.7 Å². The summed E-state index contributed by atoms with van der Waals surface area (Å²) in [5, 5.41) is 0.761. The number of hydrogen-bond donors (Lipinski definition) is 2. The summed E-state index contributed by atoms with van der Waals surface area (Å²) in [6, 6.07) is 9.83. The maximum absolute atomic E-state index is 14.5. The number of methoxy groups -OCH3 is 2. The largest absolute Gasteiger partial charge is 0.494 e. The monoisotopic (exact) mass is 481 g/mol. The molecule has 1 atom stereocenters. The maximum Gasteiger partial charge on any atom is 0.238 e. The second-order valence-corrected chi connectivity index (χ2v) is 9.73. The summed E-state index contributed by atoms with van der Waals surface area (Å²) in [6.45, 7) is 3.58. The minimum Gasteiger partial charge on any atom is -0.494 e. The Morgan fingerprint density at radius 3 is 2.50 bits per heavy atom. The van der Waals surface area contributed by atoms with Crippen molar-refractivity contribution in [1.82, 2.24) is 15.0 Å². The predicted molar refractivity (Wildman–Crippen MR) is 133 cm³/mol. The zero-order chi connectivity index (χ0) is 24.6. The third-order valence-electron chi connectivity index (χ3n) is 5.29. The van der Waals surface area contributed by atoms with Crippen molar-refractivity contribution in [2.45, 2.75) is 18.7 Å². The highest BCUT2D eigenvalue weighted by atomic mass is 32.2. The second kappa shape index (κ2) is 8.79. The molecule has 3 N–H and O–H groups in total. The van der Waals surface area contributed by atoms with Gasteiger partial charge in [-0.15, -0.1) is 0 Å². The number of halogens is 1. The van der Waals surface area contributed by atoms with Crippen LogP contribution in [0, 0.1) is 19.7 Å². The fourth-order valence-electron chi connectivity index (χ4n) is 3.64. The lowest BCUT2D eigenvalue weighted by Crippen LogP contribution is -2.15. The highest BCUT2D eigenvalue weighted by Crippen LogP contribution is 2.36. The number of anilines is 2. The van der Waals surface area contributed by atoms with E-state index in [9.17, 15) is 8.60 Å². The normalized spacial score (nSPS) is 12.9. The molecule has 0 saturated heterocycles. The van der Waals surface area contributed by atoms with Crippen LogP contribution in [0.5, 0.6) is 11.6 Å². The van der Waals surface area contributed by atoms with Crippen molar-refractivity contribution < 1.29 is 18.1 Å². The molecule has 2 heterocycles. The number of aromatic nitrogens is 3. The molecular weight excluding hydrogens is 457 g/mol. The first-order valence-corrected chi connectivity index (χ1v) is 11.9. The van der Waals surface area contributed by atoms with Gasteiger partial charge >= 0.3 is 0 Å². The summed E-state index contributed by atoms with van der Waals surface area (Å²) in [5.41, 5.74) is 9.51. The van der Waals surface area contributed by atoms with Gasteiger partial charge in [-0.1, -0.05) is 6.07 Å². The Morgan fingerprint density at radius 1 is 1.06 bits per heavy atom. The van der Waals surface area contributed by atoms with Gasteiger partial charge in [0.05, 0.1) is 34.5 Å². The number of fused-ring (bicyclic) bond motifs is 1. The van der Waals surface area contributed by atoms with Crippen LogP contribution >= 0.6 is 0 Å². The molecule has 4 aromatic rings. The first-order valence-electron chi connectivity index (χ1n) is 10.2. The van der Waals surface area contributed by atoms with Gasteiger partial charge in [0, 0.05) is 17.1 Å². The van der Waals surface area contributed by atoms with E-state index in [0.29, 0.717) is 33.8 Å². The molecule has 176 valence electrons. The number of benzene rings is 2. The lowest BCUT2D eigenvalue weighted by atomic mass is 10.0. The van der Waals surface area contributed by atoms with Gasteiger partial charge < -0.3 is 19.9 Å². The minimum absolute atomic E-state index is 0.0386. The third kappa shape index (κ3) is 4.32. The Balaban J connectivity index is 1.83. The summed E-state index contributed by atoms with van der Waals surface area (Å²) >= 11 is 0. The van der Waals surface area contributed by atoms with Gasteiger partial charge in [0.15, 0.2) is 0 Å². The number of nitrogens with two attached hydrogens (primary N) is 1. The van der Waals surface area contributed by atoms with Gasteiger partial charge in [-0.2, -0.15) is 0 Å². The number of rotatable bonds is 6. The molecule has 0 amide bonds. The summed E-state index contributed by atoms with van der Waals surface area (Å²) in [4.78, 5) is 12.8. The number of nitrogens with zero attached hydrogens (tertiary/aromatic N) is 3. The Morgan fingerprint density at radius 2 is 1.82 bits per heavy atom. The topological polar surface area (TPSA) is 112 Å². The van der Waals surface area contributed by atoms with E-state index in [1.54, 1.807) is 38.4 Å². The Labute approximate surface area is 197 Å². The standard InChI is InChI=1S/C24H24FN5O3S/c1-13-6-7-21(18(25)8-13)34(5,31)30-19-10-16(12-27-23(19)33-4)15-9-17-14(2)28-24(26)29-22(17)20(11-15)32-3/h6-12H,5H2,1-4H3,(H,30,31)(H2,26,28,29).